The van der Waals surface area contributed by atoms with Crippen molar-refractivity contribution in [2.45, 2.75) is 0 Å². The summed E-state index contributed by atoms with van der Waals surface area (Å²) in [6, 6.07) is 18.1. The molecule has 0 fully saturated rings. The molecule has 0 unspecified atom stereocenters. The van der Waals surface area contributed by atoms with Crippen LogP contribution in [0.5, 0.6) is 11.5 Å². The van der Waals surface area contributed by atoms with E-state index in [0.717, 1.165) is 39.2 Å². The van der Waals surface area contributed by atoms with E-state index in [-0.39, 0.29) is 0 Å². The van der Waals surface area contributed by atoms with Crippen LogP contribution in [-0.2, 0) is 0 Å². The van der Waals surface area contributed by atoms with E-state index >= 15 is 0 Å². The van der Waals surface area contributed by atoms with E-state index in [1.807, 2.05) is 54.9 Å². The van der Waals surface area contributed by atoms with Crippen LogP contribution in [-0.4, -0.2) is 24.2 Å². The zero-order valence-electron chi connectivity index (χ0n) is 14.1. The smallest absolute Gasteiger partial charge is 0.132 e. The number of pyridine rings is 1. The first-order chi connectivity index (χ1) is 12.3. The van der Waals surface area contributed by atoms with E-state index in [1.165, 1.54) is 5.56 Å². The van der Waals surface area contributed by atoms with Gasteiger partial charge in [-0.3, -0.25) is 4.98 Å². The Morgan fingerprint density at radius 1 is 0.880 bits per heavy atom. The average Bonchev–Trinajstić information content (AvgIpc) is 3.12. The predicted molar refractivity (Wildman–Crippen MR) is 100 cm³/mol. The van der Waals surface area contributed by atoms with Crippen molar-refractivity contribution in [3.05, 3.63) is 67.0 Å². The first kappa shape index (κ1) is 15.3. The highest BCUT2D eigenvalue weighted by molar-refractivity contribution is 6.02. The summed E-state index contributed by atoms with van der Waals surface area (Å²) in [6.07, 6.45) is 3.86. The molecule has 1 N–H and O–H groups in total. The van der Waals surface area contributed by atoms with Crippen molar-refractivity contribution < 1.29 is 9.47 Å². The lowest BCUT2D eigenvalue weighted by Gasteiger charge is -2.11. The summed E-state index contributed by atoms with van der Waals surface area (Å²) in [6.45, 7) is 0. The van der Waals surface area contributed by atoms with Crippen LogP contribution in [0.1, 0.15) is 0 Å². The van der Waals surface area contributed by atoms with Crippen molar-refractivity contribution in [3.63, 3.8) is 0 Å². The first-order valence-corrected chi connectivity index (χ1v) is 8.05. The number of nitrogens with zero attached hydrogens (tertiary/aromatic N) is 1. The van der Waals surface area contributed by atoms with Gasteiger partial charge in [0.05, 0.1) is 25.4 Å². The van der Waals surface area contributed by atoms with Gasteiger partial charge in [-0.15, -0.1) is 0 Å². The molecule has 0 aliphatic rings. The van der Waals surface area contributed by atoms with Crippen molar-refractivity contribution in [1.29, 1.82) is 0 Å². The van der Waals surface area contributed by atoms with Gasteiger partial charge in [0, 0.05) is 35.0 Å². The molecule has 124 valence electrons. The lowest BCUT2D eigenvalue weighted by molar-refractivity contribution is 0.395. The quantitative estimate of drug-likeness (QED) is 0.578. The third-order valence-corrected chi connectivity index (χ3v) is 4.35. The largest absolute Gasteiger partial charge is 0.497 e. The summed E-state index contributed by atoms with van der Waals surface area (Å²) >= 11 is 0. The Labute approximate surface area is 146 Å². The zero-order valence-corrected chi connectivity index (χ0v) is 14.1. The Bertz CT molecular complexity index is 1020. The number of nitrogens with one attached hydrogen (secondary N) is 1. The topological polar surface area (TPSA) is 47.1 Å². The molecule has 0 amide bonds. The molecule has 2 aromatic heterocycles. The van der Waals surface area contributed by atoms with Crippen LogP contribution in [0.25, 0.3) is 33.3 Å². The van der Waals surface area contributed by atoms with Gasteiger partial charge in [-0.1, -0.05) is 30.3 Å². The van der Waals surface area contributed by atoms with Crippen LogP contribution in [0.3, 0.4) is 0 Å². The lowest BCUT2D eigenvalue weighted by Crippen LogP contribution is -1.93. The summed E-state index contributed by atoms with van der Waals surface area (Å²) in [5.41, 5.74) is 5.11. The molecule has 0 aliphatic heterocycles. The van der Waals surface area contributed by atoms with Gasteiger partial charge in [-0.25, -0.2) is 0 Å². The normalized spacial score (nSPS) is 10.8. The molecule has 25 heavy (non-hydrogen) atoms. The Morgan fingerprint density at radius 3 is 2.48 bits per heavy atom. The number of hydrogen-bond donors (Lipinski definition) is 1. The monoisotopic (exact) mass is 330 g/mol. The highest BCUT2D eigenvalue weighted by atomic mass is 16.5. The molecule has 2 heterocycles. The molecule has 4 nitrogen and oxygen atoms in total. The molecule has 4 heteroatoms. The molecule has 4 rings (SSSR count). The third-order valence-electron chi connectivity index (χ3n) is 4.35. The number of hydrogen-bond acceptors (Lipinski definition) is 3. The van der Waals surface area contributed by atoms with Gasteiger partial charge in [0.1, 0.15) is 11.5 Å². The Morgan fingerprint density at radius 2 is 1.72 bits per heavy atom. The van der Waals surface area contributed by atoms with Crippen molar-refractivity contribution in [1.82, 2.24) is 9.97 Å². The van der Waals surface area contributed by atoms with E-state index in [9.17, 15) is 0 Å². The number of aromatic amines is 1. The second-order valence-electron chi connectivity index (χ2n) is 5.72. The minimum atomic E-state index is 0.732. The Hall–Kier alpha value is -3.27. The van der Waals surface area contributed by atoms with Crippen LogP contribution in [0.4, 0.5) is 0 Å². The molecule has 0 atom stereocenters. The maximum Gasteiger partial charge on any atom is 0.132 e. The van der Waals surface area contributed by atoms with Crippen LogP contribution >= 0.6 is 0 Å². The summed E-state index contributed by atoms with van der Waals surface area (Å²) in [4.78, 5) is 7.98. The fourth-order valence-corrected chi connectivity index (χ4v) is 3.11. The SMILES string of the molecule is COc1ccc(-c2nccc3c(-c4ccccc4)c[nH]c23)c(OC)c1. The molecule has 2 aromatic carbocycles. The van der Waals surface area contributed by atoms with Gasteiger partial charge in [0.2, 0.25) is 0 Å². The van der Waals surface area contributed by atoms with E-state index in [0.29, 0.717) is 0 Å². The summed E-state index contributed by atoms with van der Waals surface area (Å²) in [5.74, 6) is 1.49. The predicted octanol–water partition coefficient (Wildman–Crippen LogP) is 4.91. The highest BCUT2D eigenvalue weighted by Crippen LogP contribution is 2.38. The Kier molecular flexibility index (Phi) is 3.86. The molecule has 4 aromatic rings. The summed E-state index contributed by atoms with van der Waals surface area (Å²) < 4.78 is 10.8. The molecule has 0 spiro atoms. The standard InChI is InChI=1S/C21H18N2O2/c1-24-15-8-9-17(19(12-15)25-2)21-20-16(10-11-22-21)18(13-23-20)14-6-4-3-5-7-14/h3-13,23H,1-2H3. The minimum Gasteiger partial charge on any atom is -0.497 e. The van der Waals surface area contributed by atoms with Gasteiger partial charge >= 0.3 is 0 Å². The van der Waals surface area contributed by atoms with E-state index in [4.69, 9.17) is 9.47 Å². The second-order valence-corrected chi connectivity index (χ2v) is 5.72. The fourth-order valence-electron chi connectivity index (χ4n) is 3.11. The molecule has 0 aliphatic carbocycles. The number of H-pyrrole nitrogens is 1. The second kappa shape index (κ2) is 6.32. The zero-order chi connectivity index (χ0) is 17.2. The van der Waals surface area contributed by atoms with Crippen LogP contribution in [0.2, 0.25) is 0 Å². The Balaban J connectivity index is 1.91. The number of methoxy groups -OCH3 is 2. The first-order valence-electron chi connectivity index (χ1n) is 8.05. The van der Waals surface area contributed by atoms with E-state index in [1.54, 1.807) is 14.2 Å². The van der Waals surface area contributed by atoms with Gasteiger partial charge in [0.25, 0.3) is 0 Å². The van der Waals surface area contributed by atoms with Gasteiger partial charge < -0.3 is 14.5 Å². The number of rotatable bonds is 4. The molecular formula is C21H18N2O2. The molecular weight excluding hydrogens is 312 g/mol. The molecule has 0 saturated heterocycles. The average molecular weight is 330 g/mol. The van der Waals surface area contributed by atoms with Crippen LogP contribution < -0.4 is 9.47 Å². The number of aromatic nitrogens is 2. The fraction of sp³-hybridized carbons (Fsp3) is 0.0952. The maximum atomic E-state index is 5.55. The van der Waals surface area contributed by atoms with Crippen LogP contribution in [0, 0.1) is 0 Å². The maximum absolute atomic E-state index is 5.55. The highest BCUT2D eigenvalue weighted by Gasteiger charge is 2.15. The summed E-state index contributed by atoms with van der Waals surface area (Å²) in [7, 11) is 3.30. The van der Waals surface area contributed by atoms with Crippen LogP contribution in [0.15, 0.2) is 67.0 Å². The van der Waals surface area contributed by atoms with Crippen molar-refractivity contribution in [3.8, 4) is 33.9 Å². The van der Waals surface area contributed by atoms with E-state index < -0.39 is 0 Å². The van der Waals surface area contributed by atoms with Crippen molar-refractivity contribution in [2.24, 2.45) is 0 Å². The van der Waals surface area contributed by atoms with E-state index in [2.05, 4.69) is 22.1 Å². The number of benzene rings is 2. The van der Waals surface area contributed by atoms with Crippen molar-refractivity contribution >= 4 is 10.9 Å². The molecule has 0 radical (unpaired) electrons. The minimum absolute atomic E-state index is 0.732. The lowest BCUT2D eigenvalue weighted by atomic mass is 10.0. The number of fused-ring (bicyclic) bond motifs is 1. The number of ether oxygens (including phenoxy) is 2. The summed E-state index contributed by atoms with van der Waals surface area (Å²) in [5, 5.41) is 1.13. The van der Waals surface area contributed by atoms with Gasteiger partial charge in [-0.05, 0) is 23.8 Å². The van der Waals surface area contributed by atoms with Gasteiger partial charge in [0.15, 0.2) is 0 Å². The molecule has 0 bridgehead atoms. The third kappa shape index (κ3) is 2.62. The van der Waals surface area contributed by atoms with Crippen molar-refractivity contribution in [2.75, 3.05) is 14.2 Å². The van der Waals surface area contributed by atoms with Gasteiger partial charge in [-0.2, -0.15) is 0 Å². The molecule has 0 saturated carbocycles.